The molecule has 1 fully saturated rings. The number of halogens is 1. The van der Waals surface area contributed by atoms with Crippen molar-refractivity contribution in [2.45, 2.75) is 19.8 Å². The fraction of sp³-hybridized carbons (Fsp3) is 0.316. The molecule has 0 atom stereocenters. The number of methoxy groups -OCH3 is 1. The lowest BCUT2D eigenvalue weighted by atomic mass is 10.1. The molecule has 0 aromatic heterocycles. The predicted molar refractivity (Wildman–Crippen MR) is 97.9 cm³/mol. The molecule has 23 heavy (non-hydrogen) atoms. The van der Waals surface area contributed by atoms with Gasteiger partial charge in [0.25, 0.3) is 0 Å². The standard InChI is InChI=1S/C19H21ClN2O/c1-14-11-15(5-7-18(14)22-9-3-4-10-22)13-21-17-12-16(20)6-8-19(17)23-2/h5-8,11-13H,3-4,9-10H2,1-2H3. The number of aliphatic imine (C=N–C) groups is 1. The van der Waals surface area contributed by atoms with Gasteiger partial charge in [0.15, 0.2) is 0 Å². The van der Waals surface area contributed by atoms with E-state index in [-0.39, 0.29) is 0 Å². The van der Waals surface area contributed by atoms with Crippen molar-refractivity contribution < 1.29 is 4.74 Å². The molecule has 0 spiro atoms. The molecule has 3 nitrogen and oxygen atoms in total. The van der Waals surface area contributed by atoms with Crippen LogP contribution in [0.5, 0.6) is 5.75 Å². The lowest BCUT2D eigenvalue weighted by molar-refractivity contribution is 0.416. The third-order valence-electron chi connectivity index (χ3n) is 4.16. The van der Waals surface area contributed by atoms with Gasteiger partial charge in [-0.3, -0.25) is 4.99 Å². The molecule has 3 rings (SSSR count). The van der Waals surface area contributed by atoms with Crippen LogP contribution in [0.4, 0.5) is 11.4 Å². The van der Waals surface area contributed by atoms with E-state index in [9.17, 15) is 0 Å². The van der Waals surface area contributed by atoms with Gasteiger partial charge in [-0.15, -0.1) is 0 Å². The third kappa shape index (κ3) is 3.67. The van der Waals surface area contributed by atoms with Gasteiger partial charge in [0, 0.05) is 30.0 Å². The highest BCUT2D eigenvalue weighted by atomic mass is 35.5. The van der Waals surface area contributed by atoms with E-state index >= 15 is 0 Å². The Morgan fingerprint density at radius 3 is 2.61 bits per heavy atom. The van der Waals surface area contributed by atoms with Gasteiger partial charge in [0.1, 0.15) is 11.4 Å². The molecule has 4 heteroatoms. The number of hydrogen-bond donors (Lipinski definition) is 0. The molecule has 1 aliphatic heterocycles. The number of aryl methyl sites for hydroxylation is 1. The number of hydrogen-bond acceptors (Lipinski definition) is 3. The molecule has 1 aliphatic rings. The lowest BCUT2D eigenvalue weighted by Crippen LogP contribution is -2.18. The van der Waals surface area contributed by atoms with Crippen LogP contribution in [0.15, 0.2) is 41.4 Å². The van der Waals surface area contributed by atoms with Gasteiger partial charge in [0.2, 0.25) is 0 Å². The molecule has 0 N–H and O–H groups in total. The second kappa shape index (κ2) is 7.05. The van der Waals surface area contributed by atoms with Crippen molar-refractivity contribution in [3.8, 4) is 5.75 Å². The number of benzene rings is 2. The first-order chi connectivity index (χ1) is 11.2. The van der Waals surface area contributed by atoms with Crippen LogP contribution in [0.1, 0.15) is 24.0 Å². The summed E-state index contributed by atoms with van der Waals surface area (Å²) in [5.74, 6) is 0.719. The maximum Gasteiger partial charge on any atom is 0.144 e. The Morgan fingerprint density at radius 1 is 1.13 bits per heavy atom. The van der Waals surface area contributed by atoms with E-state index in [4.69, 9.17) is 16.3 Å². The summed E-state index contributed by atoms with van der Waals surface area (Å²) in [5, 5.41) is 0.651. The highest BCUT2D eigenvalue weighted by Gasteiger charge is 2.14. The topological polar surface area (TPSA) is 24.8 Å². The van der Waals surface area contributed by atoms with E-state index in [1.54, 1.807) is 13.2 Å². The highest BCUT2D eigenvalue weighted by Crippen LogP contribution is 2.30. The summed E-state index contributed by atoms with van der Waals surface area (Å²) in [4.78, 5) is 6.98. The normalized spacial score (nSPS) is 14.7. The van der Waals surface area contributed by atoms with Crippen molar-refractivity contribution in [3.05, 3.63) is 52.5 Å². The van der Waals surface area contributed by atoms with Gasteiger partial charge in [-0.2, -0.15) is 0 Å². The second-order valence-electron chi connectivity index (χ2n) is 5.81. The summed E-state index contributed by atoms with van der Waals surface area (Å²) in [7, 11) is 1.64. The summed E-state index contributed by atoms with van der Waals surface area (Å²) in [5.41, 5.74) is 4.43. The maximum atomic E-state index is 6.04. The SMILES string of the molecule is COc1ccc(Cl)cc1N=Cc1ccc(N2CCCC2)c(C)c1. The molecular weight excluding hydrogens is 308 g/mol. The Hall–Kier alpha value is -2.00. The van der Waals surface area contributed by atoms with Crippen molar-refractivity contribution in [1.82, 2.24) is 0 Å². The summed E-state index contributed by atoms with van der Waals surface area (Å²) in [6.45, 7) is 4.48. The minimum absolute atomic E-state index is 0.651. The minimum atomic E-state index is 0.651. The number of nitrogens with zero attached hydrogens (tertiary/aromatic N) is 2. The quantitative estimate of drug-likeness (QED) is 0.737. The van der Waals surface area contributed by atoms with Crippen LogP contribution >= 0.6 is 11.6 Å². The van der Waals surface area contributed by atoms with Crippen LogP contribution in [0.2, 0.25) is 5.02 Å². The van der Waals surface area contributed by atoms with Crippen molar-refractivity contribution in [1.29, 1.82) is 0 Å². The number of rotatable bonds is 4. The van der Waals surface area contributed by atoms with Gasteiger partial charge in [-0.25, -0.2) is 0 Å². The van der Waals surface area contributed by atoms with Crippen LogP contribution in [0.25, 0.3) is 0 Å². The first-order valence-electron chi connectivity index (χ1n) is 7.90. The Bertz CT molecular complexity index is 721. The van der Waals surface area contributed by atoms with Gasteiger partial charge in [0.05, 0.1) is 7.11 Å². The Morgan fingerprint density at radius 2 is 1.91 bits per heavy atom. The third-order valence-corrected chi connectivity index (χ3v) is 4.40. The zero-order valence-corrected chi connectivity index (χ0v) is 14.3. The molecule has 0 amide bonds. The summed E-state index contributed by atoms with van der Waals surface area (Å²) in [6, 6.07) is 11.9. The monoisotopic (exact) mass is 328 g/mol. The first-order valence-corrected chi connectivity index (χ1v) is 8.28. The minimum Gasteiger partial charge on any atom is -0.494 e. The first kappa shape index (κ1) is 15.9. The van der Waals surface area contributed by atoms with Crippen LogP contribution < -0.4 is 9.64 Å². The summed E-state index contributed by atoms with van der Waals surface area (Å²) < 4.78 is 5.32. The summed E-state index contributed by atoms with van der Waals surface area (Å²) in [6.07, 6.45) is 4.43. The molecule has 2 aromatic rings. The van der Waals surface area contributed by atoms with E-state index in [0.717, 1.165) is 30.1 Å². The molecule has 1 saturated heterocycles. The Labute approximate surface area is 142 Å². The number of ether oxygens (including phenoxy) is 1. The van der Waals surface area contributed by atoms with Gasteiger partial charge in [-0.1, -0.05) is 17.7 Å². The van der Waals surface area contributed by atoms with Crippen molar-refractivity contribution in [3.63, 3.8) is 0 Å². The fourth-order valence-electron chi connectivity index (χ4n) is 2.98. The van der Waals surface area contributed by atoms with E-state index in [2.05, 4.69) is 35.0 Å². The maximum absolute atomic E-state index is 6.04. The van der Waals surface area contributed by atoms with Gasteiger partial charge in [-0.05, 0) is 61.2 Å². The molecular formula is C19H21ClN2O. The zero-order valence-electron chi connectivity index (χ0n) is 13.6. The molecule has 0 unspecified atom stereocenters. The number of anilines is 1. The smallest absolute Gasteiger partial charge is 0.144 e. The van der Waals surface area contributed by atoms with Gasteiger partial charge >= 0.3 is 0 Å². The average molecular weight is 329 g/mol. The average Bonchev–Trinajstić information content (AvgIpc) is 3.07. The largest absolute Gasteiger partial charge is 0.494 e. The van der Waals surface area contributed by atoms with Crippen LogP contribution in [-0.4, -0.2) is 26.4 Å². The zero-order chi connectivity index (χ0) is 16.2. The van der Waals surface area contributed by atoms with E-state index in [1.165, 1.54) is 24.1 Å². The summed E-state index contributed by atoms with van der Waals surface area (Å²) >= 11 is 6.04. The predicted octanol–water partition coefficient (Wildman–Crippen LogP) is 5.01. The van der Waals surface area contributed by atoms with E-state index < -0.39 is 0 Å². The fourth-order valence-corrected chi connectivity index (χ4v) is 3.15. The molecule has 0 aliphatic carbocycles. The molecule has 1 heterocycles. The van der Waals surface area contributed by atoms with E-state index in [0.29, 0.717) is 5.02 Å². The lowest BCUT2D eigenvalue weighted by Gasteiger charge is -2.20. The Kier molecular flexibility index (Phi) is 4.87. The molecule has 2 aromatic carbocycles. The van der Waals surface area contributed by atoms with Crippen LogP contribution in [0, 0.1) is 6.92 Å². The molecule has 0 radical (unpaired) electrons. The van der Waals surface area contributed by atoms with Crippen molar-refractivity contribution in [2.24, 2.45) is 4.99 Å². The second-order valence-corrected chi connectivity index (χ2v) is 6.25. The van der Waals surface area contributed by atoms with Crippen molar-refractivity contribution >= 4 is 29.2 Å². The Balaban J connectivity index is 1.83. The van der Waals surface area contributed by atoms with E-state index in [1.807, 2.05) is 18.3 Å². The molecule has 0 saturated carbocycles. The van der Waals surface area contributed by atoms with Crippen LogP contribution in [0.3, 0.4) is 0 Å². The highest BCUT2D eigenvalue weighted by molar-refractivity contribution is 6.30. The van der Waals surface area contributed by atoms with Crippen molar-refractivity contribution in [2.75, 3.05) is 25.1 Å². The van der Waals surface area contributed by atoms with Crippen LogP contribution in [-0.2, 0) is 0 Å². The van der Waals surface area contributed by atoms with Gasteiger partial charge < -0.3 is 9.64 Å². The molecule has 120 valence electrons. The molecule has 0 bridgehead atoms.